The van der Waals surface area contributed by atoms with Crippen molar-refractivity contribution < 1.29 is 9.84 Å². The minimum atomic E-state index is -0.141. The Hall–Kier alpha value is -0.120. The van der Waals surface area contributed by atoms with Crippen LogP contribution in [-0.2, 0) is 4.74 Å². The van der Waals surface area contributed by atoms with E-state index in [-0.39, 0.29) is 11.7 Å². The number of hydrogen-bond acceptors (Lipinski definition) is 3. The van der Waals surface area contributed by atoms with Crippen LogP contribution in [-0.4, -0.2) is 47.4 Å². The lowest BCUT2D eigenvalue weighted by Crippen LogP contribution is -2.51. The molecule has 17 heavy (non-hydrogen) atoms. The predicted octanol–water partition coefficient (Wildman–Crippen LogP) is 1.79. The smallest absolute Gasteiger partial charge is 0.0697 e. The largest absolute Gasteiger partial charge is 0.393 e. The van der Waals surface area contributed by atoms with Gasteiger partial charge >= 0.3 is 0 Å². The lowest BCUT2D eigenvalue weighted by Gasteiger charge is -2.49. The van der Waals surface area contributed by atoms with Crippen molar-refractivity contribution in [3.05, 3.63) is 0 Å². The summed E-state index contributed by atoms with van der Waals surface area (Å²) in [7, 11) is 0. The van der Waals surface area contributed by atoms with Gasteiger partial charge in [-0.2, -0.15) is 0 Å². The summed E-state index contributed by atoms with van der Waals surface area (Å²) in [5.74, 6) is 0.496. The molecular formula is C14H25NO2. The van der Waals surface area contributed by atoms with Crippen molar-refractivity contribution in [3.8, 4) is 0 Å². The van der Waals surface area contributed by atoms with Crippen molar-refractivity contribution in [3.63, 3.8) is 0 Å². The van der Waals surface area contributed by atoms with Crippen LogP contribution in [0.15, 0.2) is 0 Å². The Kier molecular flexibility index (Phi) is 3.18. The first-order valence-electron chi connectivity index (χ1n) is 7.25. The van der Waals surface area contributed by atoms with Crippen LogP contribution in [0.5, 0.6) is 0 Å². The molecule has 2 heterocycles. The van der Waals surface area contributed by atoms with Crippen LogP contribution in [0.4, 0.5) is 0 Å². The van der Waals surface area contributed by atoms with Crippen molar-refractivity contribution in [2.45, 2.75) is 63.2 Å². The lowest BCUT2D eigenvalue weighted by molar-refractivity contribution is -0.147. The van der Waals surface area contributed by atoms with Gasteiger partial charge in [0, 0.05) is 19.2 Å². The summed E-state index contributed by atoms with van der Waals surface area (Å²) >= 11 is 0. The maximum Gasteiger partial charge on any atom is 0.0697 e. The van der Waals surface area contributed by atoms with E-state index in [0.717, 1.165) is 13.2 Å². The number of nitrogens with zero attached hydrogens (tertiary/aromatic N) is 1. The van der Waals surface area contributed by atoms with Crippen LogP contribution >= 0.6 is 0 Å². The molecule has 2 saturated heterocycles. The Bertz CT molecular complexity index is 275. The zero-order valence-corrected chi connectivity index (χ0v) is 10.9. The monoisotopic (exact) mass is 239 g/mol. The third-order valence-corrected chi connectivity index (χ3v) is 5.19. The standard InChI is InChI=1S/C14H25NO2/c1-11(16)12-3-7-15(10-12)13-4-8-17-14(9-13)5-2-6-14/h11-13,16H,2-10H2,1H3. The Morgan fingerprint density at radius 2 is 2.18 bits per heavy atom. The summed E-state index contributed by atoms with van der Waals surface area (Å²) in [5, 5.41) is 9.68. The molecule has 1 spiro atoms. The maximum atomic E-state index is 9.68. The van der Waals surface area contributed by atoms with Gasteiger partial charge in [-0.3, -0.25) is 4.90 Å². The number of hydrogen-bond donors (Lipinski definition) is 1. The molecule has 0 aromatic heterocycles. The zero-order valence-electron chi connectivity index (χ0n) is 10.9. The van der Waals surface area contributed by atoms with Crippen LogP contribution in [0.25, 0.3) is 0 Å². The average molecular weight is 239 g/mol. The molecule has 2 aliphatic heterocycles. The van der Waals surface area contributed by atoms with E-state index in [0.29, 0.717) is 12.0 Å². The molecule has 0 aromatic carbocycles. The second kappa shape index (κ2) is 4.52. The minimum absolute atomic E-state index is 0.141. The Labute approximate surface area is 104 Å². The molecule has 3 rings (SSSR count). The number of likely N-dealkylation sites (tertiary alicyclic amines) is 1. The van der Waals surface area contributed by atoms with Gasteiger partial charge in [-0.1, -0.05) is 0 Å². The molecule has 3 fully saturated rings. The third-order valence-electron chi connectivity index (χ3n) is 5.19. The van der Waals surface area contributed by atoms with Gasteiger partial charge in [0.1, 0.15) is 0 Å². The molecule has 3 atom stereocenters. The van der Waals surface area contributed by atoms with Gasteiger partial charge in [0.25, 0.3) is 0 Å². The summed E-state index contributed by atoms with van der Waals surface area (Å²) < 4.78 is 5.99. The fraction of sp³-hybridized carbons (Fsp3) is 1.00. The van der Waals surface area contributed by atoms with Crippen molar-refractivity contribution in [2.24, 2.45) is 5.92 Å². The van der Waals surface area contributed by atoms with Crippen LogP contribution in [0, 0.1) is 5.92 Å². The fourth-order valence-corrected chi connectivity index (χ4v) is 3.77. The highest BCUT2D eigenvalue weighted by Gasteiger charge is 2.44. The first kappa shape index (κ1) is 11.9. The molecule has 1 N–H and O–H groups in total. The van der Waals surface area contributed by atoms with Crippen LogP contribution < -0.4 is 0 Å². The second-order valence-electron chi connectivity index (χ2n) is 6.32. The zero-order chi connectivity index (χ0) is 11.9. The molecule has 3 nitrogen and oxygen atoms in total. The van der Waals surface area contributed by atoms with E-state index in [1.807, 2.05) is 6.92 Å². The SMILES string of the molecule is CC(O)C1CCN(C2CCOC3(CCC3)C2)C1. The first-order chi connectivity index (χ1) is 8.19. The lowest BCUT2D eigenvalue weighted by atomic mass is 9.73. The predicted molar refractivity (Wildman–Crippen MR) is 66.9 cm³/mol. The van der Waals surface area contributed by atoms with Crippen LogP contribution in [0.2, 0.25) is 0 Å². The van der Waals surface area contributed by atoms with E-state index in [1.165, 1.54) is 45.1 Å². The van der Waals surface area contributed by atoms with E-state index in [2.05, 4.69) is 4.90 Å². The van der Waals surface area contributed by atoms with Crippen molar-refractivity contribution in [2.75, 3.05) is 19.7 Å². The maximum absolute atomic E-state index is 9.68. The second-order valence-corrected chi connectivity index (χ2v) is 6.32. The molecular weight excluding hydrogens is 214 g/mol. The molecule has 0 aromatic rings. The summed E-state index contributed by atoms with van der Waals surface area (Å²) in [6.07, 6.45) is 7.35. The van der Waals surface area contributed by atoms with Gasteiger partial charge in [-0.05, 0) is 57.9 Å². The summed E-state index contributed by atoms with van der Waals surface area (Å²) in [6, 6.07) is 0.716. The number of ether oxygens (including phenoxy) is 1. The van der Waals surface area contributed by atoms with Crippen LogP contribution in [0.1, 0.15) is 45.4 Å². The summed E-state index contributed by atoms with van der Waals surface area (Å²) in [5.41, 5.74) is 0.256. The van der Waals surface area contributed by atoms with Gasteiger partial charge in [-0.25, -0.2) is 0 Å². The topological polar surface area (TPSA) is 32.7 Å². The number of rotatable bonds is 2. The van der Waals surface area contributed by atoms with E-state index in [9.17, 15) is 5.11 Å². The molecule has 0 radical (unpaired) electrons. The molecule has 98 valence electrons. The van der Waals surface area contributed by atoms with Gasteiger partial charge in [0.2, 0.25) is 0 Å². The highest BCUT2D eigenvalue weighted by atomic mass is 16.5. The number of aliphatic hydroxyl groups is 1. The molecule has 1 aliphatic carbocycles. The van der Waals surface area contributed by atoms with Crippen LogP contribution in [0.3, 0.4) is 0 Å². The molecule has 1 saturated carbocycles. The van der Waals surface area contributed by atoms with E-state index in [4.69, 9.17) is 4.74 Å². The van der Waals surface area contributed by atoms with Gasteiger partial charge < -0.3 is 9.84 Å². The highest BCUT2D eigenvalue weighted by Crippen LogP contribution is 2.44. The minimum Gasteiger partial charge on any atom is -0.393 e. The van der Waals surface area contributed by atoms with E-state index < -0.39 is 0 Å². The molecule has 0 bridgehead atoms. The molecule has 3 aliphatic rings. The van der Waals surface area contributed by atoms with Crippen molar-refractivity contribution in [1.82, 2.24) is 4.90 Å². The van der Waals surface area contributed by atoms with Gasteiger partial charge in [-0.15, -0.1) is 0 Å². The van der Waals surface area contributed by atoms with E-state index in [1.54, 1.807) is 0 Å². The molecule has 0 amide bonds. The third kappa shape index (κ3) is 2.25. The molecule has 3 heteroatoms. The van der Waals surface area contributed by atoms with E-state index >= 15 is 0 Å². The Morgan fingerprint density at radius 3 is 2.76 bits per heavy atom. The van der Waals surface area contributed by atoms with Gasteiger partial charge in [0.15, 0.2) is 0 Å². The van der Waals surface area contributed by atoms with Crippen molar-refractivity contribution in [1.29, 1.82) is 0 Å². The fourth-order valence-electron chi connectivity index (χ4n) is 3.77. The first-order valence-corrected chi connectivity index (χ1v) is 7.25. The highest BCUT2D eigenvalue weighted by molar-refractivity contribution is 4.98. The summed E-state index contributed by atoms with van der Waals surface area (Å²) in [4.78, 5) is 2.61. The number of aliphatic hydroxyl groups excluding tert-OH is 1. The quantitative estimate of drug-likeness (QED) is 0.797. The Morgan fingerprint density at radius 1 is 1.35 bits per heavy atom. The van der Waals surface area contributed by atoms with Gasteiger partial charge in [0.05, 0.1) is 11.7 Å². The average Bonchev–Trinajstić information content (AvgIpc) is 2.76. The summed E-state index contributed by atoms with van der Waals surface area (Å²) in [6.45, 7) is 5.15. The molecule has 3 unspecified atom stereocenters. The Balaban J connectivity index is 1.58. The normalized spacial score (nSPS) is 39.2. The van der Waals surface area contributed by atoms with Crippen molar-refractivity contribution >= 4 is 0 Å².